The topological polar surface area (TPSA) is 58.1 Å². The number of hydrogen-bond donors (Lipinski definition) is 2. The molecule has 1 aromatic rings. The Morgan fingerprint density at radius 2 is 2.19 bits per heavy atom. The van der Waals surface area contributed by atoms with Gasteiger partial charge in [-0.15, -0.1) is 0 Å². The Hall–Kier alpha value is -1.63. The van der Waals surface area contributed by atoms with Gasteiger partial charge in [0.25, 0.3) is 0 Å². The summed E-state index contributed by atoms with van der Waals surface area (Å²) < 4.78 is 11.1. The van der Waals surface area contributed by atoms with E-state index in [0.717, 1.165) is 84.3 Å². The molecule has 0 spiro atoms. The molecule has 0 amide bonds. The van der Waals surface area contributed by atoms with Gasteiger partial charge in [-0.1, -0.05) is 24.3 Å². The van der Waals surface area contributed by atoms with Crippen molar-refractivity contribution in [2.45, 2.75) is 38.8 Å². The second-order valence-electron chi connectivity index (χ2n) is 7.19. The van der Waals surface area contributed by atoms with E-state index in [1.54, 1.807) is 0 Å². The SMILES string of the molecule is CCNC(=NCCCOC1CCOC1)NCCN1CCc2ccccc2C1. The quantitative estimate of drug-likeness (QED) is 0.392. The largest absolute Gasteiger partial charge is 0.379 e. The van der Waals surface area contributed by atoms with E-state index in [-0.39, 0.29) is 6.10 Å². The lowest BCUT2D eigenvalue weighted by atomic mass is 10.00. The first-order valence-corrected chi connectivity index (χ1v) is 10.4. The molecule has 1 saturated heterocycles. The van der Waals surface area contributed by atoms with Gasteiger partial charge in [0.15, 0.2) is 5.96 Å². The first-order valence-electron chi connectivity index (χ1n) is 10.4. The molecule has 150 valence electrons. The van der Waals surface area contributed by atoms with Crippen LogP contribution in [-0.2, 0) is 22.4 Å². The first kappa shape index (κ1) is 20.1. The van der Waals surface area contributed by atoms with E-state index in [9.17, 15) is 0 Å². The lowest BCUT2D eigenvalue weighted by Crippen LogP contribution is -2.42. The lowest BCUT2D eigenvalue weighted by Gasteiger charge is -2.28. The minimum Gasteiger partial charge on any atom is -0.379 e. The van der Waals surface area contributed by atoms with E-state index < -0.39 is 0 Å². The summed E-state index contributed by atoms with van der Waals surface area (Å²) in [6, 6.07) is 8.78. The molecule has 2 heterocycles. The van der Waals surface area contributed by atoms with E-state index in [4.69, 9.17) is 9.47 Å². The van der Waals surface area contributed by atoms with Gasteiger partial charge in [0.2, 0.25) is 0 Å². The average molecular weight is 375 g/mol. The van der Waals surface area contributed by atoms with Gasteiger partial charge in [-0.05, 0) is 37.3 Å². The van der Waals surface area contributed by atoms with Crippen molar-refractivity contribution in [3.8, 4) is 0 Å². The van der Waals surface area contributed by atoms with E-state index in [1.165, 1.54) is 11.1 Å². The molecule has 6 nitrogen and oxygen atoms in total. The fraction of sp³-hybridized carbons (Fsp3) is 0.667. The van der Waals surface area contributed by atoms with E-state index in [2.05, 4.69) is 51.7 Å². The molecule has 0 bridgehead atoms. The molecule has 2 N–H and O–H groups in total. The maximum atomic E-state index is 5.79. The summed E-state index contributed by atoms with van der Waals surface area (Å²) in [5.74, 6) is 0.902. The van der Waals surface area contributed by atoms with Crippen molar-refractivity contribution in [3.63, 3.8) is 0 Å². The highest BCUT2D eigenvalue weighted by Gasteiger charge is 2.16. The van der Waals surface area contributed by atoms with Crippen LogP contribution in [0, 0.1) is 0 Å². The fourth-order valence-electron chi connectivity index (χ4n) is 3.57. The number of ether oxygens (including phenoxy) is 2. The summed E-state index contributed by atoms with van der Waals surface area (Å²) in [7, 11) is 0. The maximum Gasteiger partial charge on any atom is 0.191 e. The second kappa shape index (κ2) is 11.3. The van der Waals surface area contributed by atoms with E-state index >= 15 is 0 Å². The van der Waals surface area contributed by atoms with Crippen LogP contribution in [0.15, 0.2) is 29.3 Å². The molecule has 0 saturated carbocycles. The van der Waals surface area contributed by atoms with Crippen molar-refractivity contribution in [2.24, 2.45) is 4.99 Å². The summed E-state index contributed by atoms with van der Waals surface area (Å²) in [6.07, 6.45) is 3.40. The Morgan fingerprint density at radius 3 is 3.00 bits per heavy atom. The standard InChI is InChI=1S/C21H34N4O2/c1-2-22-21(23-10-5-14-27-20-9-15-26-17-20)24-11-13-25-12-8-18-6-3-4-7-19(18)16-25/h3-4,6-7,20H,2,5,8-17H2,1H3,(H2,22,23,24). The molecule has 0 radical (unpaired) electrons. The van der Waals surface area contributed by atoms with Crippen molar-refractivity contribution in [1.29, 1.82) is 0 Å². The molecule has 1 atom stereocenters. The molecular weight excluding hydrogens is 340 g/mol. The molecule has 1 unspecified atom stereocenters. The average Bonchev–Trinajstić information content (AvgIpc) is 3.21. The maximum absolute atomic E-state index is 5.79. The zero-order valence-electron chi connectivity index (χ0n) is 16.6. The summed E-state index contributed by atoms with van der Waals surface area (Å²) in [4.78, 5) is 7.17. The molecule has 1 aromatic carbocycles. The van der Waals surface area contributed by atoms with Crippen molar-refractivity contribution in [1.82, 2.24) is 15.5 Å². The normalized spacial score (nSPS) is 20.5. The predicted octanol–water partition coefficient (Wildman–Crippen LogP) is 1.80. The highest BCUT2D eigenvalue weighted by Crippen LogP contribution is 2.17. The molecule has 1 fully saturated rings. The molecule has 6 heteroatoms. The molecule has 0 aromatic heterocycles. The fourth-order valence-corrected chi connectivity index (χ4v) is 3.57. The zero-order chi connectivity index (χ0) is 18.7. The molecule has 2 aliphatic rings. The number of nitrogens with one attached hydrogen (secondary N) is 2. The Kier molecular flexibility index (Phi) is 8.39. The minimum absolute atomic E-state index is 0.287. The summed E-state index contributed by atoms with van der Waals surface area (Å²) >= 11 is 0. The van der Waals surface area contributed by atoms with Crippen molar-refractivity contribution < 1.29 is 9.47 Å². The van der Waals surface area contributed by atoms with Crippen LogP contribution in [0.25, 0.3) is 0 Å². The summed E-state index contributed by atoms with van der Waals surface area (Å²) in [6.45, 7) is 10.2. The lowest BCUT2D eigenvalue weighted by molar-refractivity contribution is 0.0424. The van der Waals surface area contributed by atoms with E-state index in [1.807, 2.05) is 0 Å². The molecule has 3 rings (SSSR count). The van der Waals surface area contributed by atoms with Crippen LogP contribution in [-0.4, -0.2) is 69.5 Å². The number of rotatable bonds is 9. The smallest absolute Gasteiger partial charge is 0.191 e. The Balaban J connectivity index is 1.33. The van der Waals surface area contributed by atoms with Gasteiger partial charge in [0.1, 0.15) is 0 Å². The third kappa shape index (κ3) is 6.79. The van der Waals surface area contributed by atoms with Crippen LogP contribution >= 0.6 is 0 Å². The van der Waals surface area contributed by atoms with Gasteiger partial charge in [-0.3, -0.25) is 9.89 Å². The molecular formula is C21H34N4O2. The number of aliphatic imine (C=N–C) groups is 1. The summed E-state index contributed by atoms with van der Waals surface area (Å²) in [5.41, 5.74) is 2.97. The minimum atomic E-state index is 0.287. The Labute approximate surface area is 163 Å². The highest BCUT2D eigenvalue weighted by atomic mass is 16.5. The summed E-state index contributed by atoms with van der Waals surface area (Å²) in [5, 5.41) is 6.79. The predicted molar refractivity (Wildman–Crippen MR) is 109 cm³/mol. The number of hydrogen-bond acceptors (Lipinski definition) is 4. The van der Waals surface area contributed by atoms with E-state index in [0.29, 0.717) is 0 Å². The molecule has 27 heavy (non-hydrogen) atoms. The number of nitrogens with zero attached hydrogens (tertiary/aromatic N) is 2. The van der Waals surface area contributed by atoms with Gasteiger partial charge in [-0.2, -0.15) is 0 Å². The number of benzene rings is 1. The Bertz CT molecular complexity index is 587. The number of fused-ring (bicyclic) bond motifs is 1. The Morgan fingerprint density at radius 1 is 1.30 bits per heavy atom. The third-order valence-electron chi connectivity index (χ3n) is 5.09. The van der Waals surface area contributed by atoms with Gasteiger partial charge in [0.05, 0.1) is 12.7 Å². The molecule has 2 aliphatic heterocycles. The van der Waals surface area contributed by atoms with Crippen LogP contribution < -0.4 is 10.6 Å². The van der Waals surface area contributed by atoms with Crippen LogP contribution in [0.4, 0.5) is 0 Å². The second-order valence-corrected chi connectivity index (χ2v) is 7.19. The third-order valence-corrected chi connectivity index (χ3v) is 5.09. The highest BCUT2D eigenvalue weighted by molar-refractivity contribution is 5.79. The van der Waals surface area contributed by atoms with Crippen molar-refractivity contribution in [3.05, 3.63) is 35.4 Å². The zero-order valence-corrected chi connectivity index (χ0v) is 16.6. The van der Waals surface area contributed by atoms with Crippen LogP contribution in [0.2, 0.25) is 0 Å². The van der Waals surface area contributed by atoms with Gasteiger partial charge >= 0.3 is 0 Å². The van der Waals surface area contributed by atoms with Crippen LogP contribution in [0.3, 0.4) is 0 Å². The van der Waals surface area contributed by atoms with Crippen LogP contribution in [0.5, 0.6) is 0 Å². The first-order chi connectivity index (χ1) is 13.3. The van der Waals surface area contributed by atoms with Crippen molar-refractivity contribution >= 4 is 5.96 Å². The monoisotopic (exact) mass is 374 g/mol. The molecule has 0 aliphatic carbocycles. The van der Waals surface area contributed by atoms with Gasteiger partial charge in [-0.25, -0.2) is 0 Å². The van der Waals surface area contributed by atoms with Crippen molar-refractivity contribution in [2.75, 3.05) is 52.5 Å². The van der Waals surface area contributed by atoms with Gasteiger partial charge < -0.3 is 20.1 Å². The van der Waals surface area contributed by atoms with Gasteiger partial charge in [0, 0.05) is 52.5 Å². The van der Waals surface area contributed by atoms with Crippen LogP contribution in [0.1, 0.15) is 30.9 Å². The number of guanidine groups is 1.